The van der Waals surface area contributed by atoms with Crippen molar-refractivity contribution in [3.63, 3.8) is 0 Å². The third-order valence-corrected chi connectivity index (χ3v) is 9.57. The zero-order valence-corrected chi connectivity index (χ0v) is 21.9. The van der Waals surface area contributed by atoms with Crippen LogP contribution < -0.4 is 9.80 Å². The summed E-state index contributed by atoms with van der Waals surface area (Å²) in [6.07, 6.45) is 2.86. The first-order valence-electron chi connectivity index (χ1n) is 13.0. The molecule has 1 saturated carbocycles. The Morgan fingerprint density at radius 3 is 2.35 bits per heavy atom. The summed E-state index contributed by atoms with van der Waals surface area (Å²) in [5.41, 5.74) is 2.44. The molecule has 1 aromatic carbocycles. The highest BCUT2D eigenvalue weighted by Gasteiger charge is 2.40. The Balaban J connectivity index is 1.46. The molecule has 2 saturated heterocycles. The van der Waals surface area contributed by atoms with E-state index in [2.05, 4.69) is 4.90 Å². The lowest BCUT2D eigenvalue weighted by Gasteiger charge is -2.41. The van der Waals surface area contributed by atoms with E-state index >= 15 is 0 Å². The smallest absolute Gasteiger partial charge is 0.309 e. The van der Waals surface area contributed by atoms with E-state index in [1.165, 1.54) is 7.11 Å². The Kier molecular flexibility index (Phi) is 7.39. The lowest BCUT2D eigenvalue weighted by atomic mass is 9.77. The molecular weight excluding hydrogens is 504 g/mol. The molecule has 37 heavy (non-hydrogen) atoms. The number of anilines is 2. The molecular formula is C26H35F2N3O5S. The number of hydrogen-bond acceptors (Lipinski definition) is 8. The second-order valence-electron chi connectivity index (χ2n) is 10.3. The molecule has 2 aliphatic heterocycles. The Labute approximate surface area is 217 Å². The minimum absolute atomic E-state index is 0.157. The second-order valence-corrected chi connectivity index (χ2v) is 12.7. The van der Waals surface area contributed by atoms with Crippen LogP contribution in [0.1, 0.15) is 50.2 Å². The number of carbonyl (C=O) groups excluding carboxylic acids is 1. The fourth-order valence-electron chi connectivity index (χ4n) is 5.63. The molecule has 3 aliphatic rings. The molecule has 2 unspecified atom stereocenters. The van der Waals surface area contributed by atoms with Crippen LogP contribution in [0.15, 0.2) is 28.7 Å². The predicted molar refractivity (Wildman–Crippen MR) is 140 cm³/mol. The van der Waals surface area contributed by atoms with E-state index in [0.717, 1.165) is 30.5 Å². The van der Waals surface area contributed by atoms with Gasteiger partial charge in [0.15, 0.2) is 0 Å². The van der Waals surface area contributed by atoms with Crippen molar-refractivity contribution in [2.24, 2.45) is 5.92 Å². The van der Waals surface area contributed by atoms with E-state index in [-0.39, 0.29) is 43.7 Å². The summed E-state index contributed by atoms with van der Waals surface area (Å²) in [4.78, 5) is 21.3. The minimum atomic E-state index is -2.68. The van der Waals surface area contributed by atoms with E-state index in [1.54, 1.807) is 4.90 Å². The number of oxazole rings is 1. The Bertz CT molecular complexity index is 1090. The van der Waals surface area contributed by atoms with E-state index in [0.29, 0.717) is 48.5 Å². The Hall–Kier alpha value is -2.37. The fraction of sp³-hybridized carbons (Fsp3) is 0.615. The highest BCUT2D eigenvalue weighted by molar-refractivity contribution is 8.24. The molecule has 3 fully saturated rings. The molecule has 0 spiro atoms. The van der Waals surface area contributed by atoms with Crippen LogP contribution in [0.5, 0.6) is 0 Å². The van der Waals surface area contributed by atoms with Gasteiger partial charge in [-0.05, 0) is 25.0 Å². The summed E-state index contributed by atoms with van der Waals surface area (Å²) >= 11 is 0. The van der Waals surface area contributed by atoms with Crippen molar-refractivity contribution in [2.75, 3.05) is 54.6 Å². The standard InChI is InChI=1S/C26H35F2N3O5S/c1-35-24(32)21-5-3-2-4-20(21)23-22(29-25(36-23)31-12-10-26(27,28)11-13-31)18-6-8-19(9-7-18)30-14-16-37(33,34)17-15-30/h6-9,20-21,33-34H,2-5,10-17H2,1H3. The van der Waals surface area contributed by atoms with Crippen molar-refractivity contribution in [1.29, 1.82) is 0 Å². The highest BCUT2D eigenvalue weighted by atomic mass is 32.3. The Morgan fingerprint density at radius 2 is 1.70 bits per heavy atom. The van der Waals surface area contributed by atoms with Crippen LogP contribution in [0.2, 0.25) is 0 Å². The van der Waals surface area contributed by atoms with Crippen LogP contribution in [-0.2, 0) is 9.53 Å². The second kappa shape index (κ2) is 10.4. The van der Waals surface area contributed by atoms with Gasteiger partial charge in [0.25, 0.3) is 11.9 Å². The van der Waals surface area contributed by atoms with Gasteiger partial charge >= 0.3 is 5.97 Å². The molecule has 1 aromatic heterocycles. The summed E-state index contributed by atoms with van der Waals surface area (Å²) in [5.74, 6) is -2.15. The molecule has 2 atom stereocenters. The summed E-state index contributed by atoms with van der Waals surface area (Å²) < 4.78 is 58.8. The van der Waals surface area contributed by atoms with E-state index in [4.69, 9.17) is 14.1 Å². The summed E-state index contributed by atoms with van der Waals surface area (Å²) in [5, 5.41) is 0. The number of rotatable bonds is 5. The maximum absolute atomic E-state index is 13.8. The quantitative estimate of drug-likeness (QED) is 0.474. The predicted octanol–water partition coefficient (Wildman–Crippen LogP) is 5.59. The zero-order chi connectivity index (χ0) is 26.2. The van der Waals surface area contributed by atoms with Crippen molar-refractivity contribution < 1.29 is 31.8 Å². The molecule has 2 aromatic rings. The fourth-order valence-corrected chi connectivity index (χ4v) is 6.86. The van der Waals surface area contributed by atoms with Crippen molar-refractivity contribution in [3.05, 3.63) is 30.0 Å². The van der Waals surface area contributed by atoms with E-state index in [1.807, 2.05) is 24.3 Å². The van der Waals surface area contributed by atoms with Crippen molar-refractivity contribution >= 4 is 28.3 Å². The lowest BCUT2D eigenvalue weighted by Crippen LogP contribution is -2.39. The first kappa shape index (κ1) is 26.2. The van der Waals surface area contributed by atoms with Crippen LogP contribution in [0.25, 0.3) is 11.3 Å². The highest BCUT2D eigenvalue weighted by Crippen LogP contribution is 2.45. The third-order valence-electron chi connectivity index (χ3n) is 7.90. The van der Waals surface area contributed by atoms with Crippen molar-refractivity contribution in [2.45, 2.75) is 50.4 Å². The topological polar surface area (TPSA) is 99.3 Å². The van der Waals surface area contributed by atoms with Gasteiger partial charge in [0.1, 0.15) is 11.5 Å². The van der Waals surface area contributed by atoms with Gasteiger partial charge in [-0.15, -0.1) is 0 Å². The van der Waals surface area contributed by atoms with Gasteiger partial charge in [-0.2, -0.15) is 15.6 Å². The van der Waals surface area contributed by atoms with Gasteiger partial charge in [0.05, 0.1) is 24.5 Å². The van der Waals surface area contributed by atoms with Gasteiger partial charge in [0.2, 0.25) is 0 Å². The molecule has 8 nitrogen and oxygen atoms in total. The Morgan fingerprint density at radius 1 is 1.05 bits per heavy atom. The maximum Gasteiger partial charge on any atom is 0.309 e. The number of alkyl halides is 2. The largest absolute Gasteiger partial charge is 0.469 e. The molecule has 1 aliphatic carbocycles. The number of carbonyl (C=O) groups is 1. The normalized spacial score (nSPS) is 26.5. The third kappa shape index (κ3) is 5.73. The first-order valence-corrected chi connectivity index (χ1v) is 14.8. The molecule has 0 radical (unpaired) electrons. The number of nitrogens with zero attached hydrogens (tertiary/aromatic N) is 3. The van der Waals surface area contributed by atoms with Crippen LogP contribution in [0.4, 0.5) is 20.5 Å². The van der Waals surface area contributed by atoms with Gasteiger partial charge in [0, 0.05) is 56.2 Å². The molecule has 3 heterocycles. The van der Waals surface area contributed by atoms with Crippen LogP contribution in [0.3, 0.4) is 0 Å². The molecule has 11 heteroatoms. The van der Waals surface area contributed by atoms with Gasteiger partial charge < -0.3 is 19.0 Å². The van der Waals surface area contributed by atoms with Gasteiger partial charge in [-0.1, -0.05) is 25.0 Å². The number of halogens is 2. The zero-order valence-electron chi connectivity index (χ0n) is 21.1. The first-order chi connectivity index (χ1) is 17.7. The number of ether oxygens (including phenoxy) is 1. The average molecular weight is 540 g/mol. The van der Waals surface area contributed by atoms with Crippen molar-refractivity contribution in [1.82, 2.24) is 4.98 Å². The molecule has 5 rings (SSSR count). The lowest BCUT2D eigenvalue weighted by molar-refractivity contribution is -0.147. The monoisotopic (exact) mass is 539 g/mol. The average Bonchev–Trinajstić information content (AvgIpc) is 3.33. The summed E-state index contributed by atoms with van der Waals surface area (Å²) in [7, 11) is -1.08. The molecule has 0 amide bonds. The number of piperidine rings is 1. The molecule has 204 valence electrons. The minimum Gasteiger partial charge on any atom is -0.469 e. The van der Waals surface area contributed by atoms with Crippen LogP contribution >= 0.6 is 10.6 Å². The van der Waals surface area contributed by atoms with Gasteiger partial charge in [-0.3, -0.25) is 13.9 Å². The molecule has 0 bridgehead atoms. The summed E-state index contributed by atoms with van der Waals surface area (Å²) in [6.45, 7) is 1.46. The summed E-state index contributed by atoms with van der Waals surface area (Å²) in [6, 6.07) is 8.18. The molecule has 2 N–H and O–H groups in total. The number of aromatic nitrogens is 1. The van der Waals surface area contributed by atoms with Crippen LogP contribution in [0, 0.1) is 5.92 Å². The van der Waals surface area contributed by atoms with Crippen LogP contribution in [-0.4, -0.2) is 70.8 Å². The van der Waals surface area contributed by atoms with Crippen molar-refractivity contribution in [3.8, 4) is 11.3 Å². The number of hydrogen-bond donors (Lipinski definition) is 2. The number of methoxy groups -OCH3 is 1. The van der Waals surface area contributed by atoms with Gasteiger partial charge in [-0.25, -0.2) is 8.78 Å². The number of esters is 1. The SMILES string of the molecule is COC(=O)C1CCCCC1c1oc(N2CCC(F)(F)CC2)nc1-c1ccc(N2CCS(O)(O)CC2)cc1. The van der Waals surface area contributed by atoms with E-state index in [9.17, 15) is 22.7 Å². The number of benzene rings is 1. The maximum atomic E-state index is 13.8. The van der Waals surface area contributed by atoms with E-state index < -0.39 is 16.5 Å².